The van der Waals surface area contributed by atoms with Crippen molar-refractivity contribution >= 4 is 45.0 Å². The molecule has 0 aliphatic carbocycles. The zero-order valence-electron chi connectivity index (χ0n) is 18.3. The van der Waals surface area contributed by atoms with E-state index in [4.69, 9.17) is 16.4 Å². The van der Waals surface area contributed by atoms with E-state index in [2.05, 4.69) is 21.1 Å². The van der Waals surface area contributed by atoms with Gasteiger partial charge in [-0.2, -0.15) is 0 Å². The van der Waals surface area contributed by atoms with Crippen LogP contribution in [0.25, 0.3) is 0 Å². The SMILES string of the molecule is O=C(O)/C(=N/OC(c1ccccc1)(c1ccccc1)c1ccccc1)C(=O)c1ccc(Br)cc1Cl. The molecule has 35 heavy (non-hydrogen) atoms. The van der Waals surface area contributed by atoms with Crippen molar-refractivity contribution in [2.24, 2.45) is 5.16 Å². The van der Waals surface area contributed by atoms with Crippen LogP contribution in [0.2, 0.25) is 5.02 Å². The molecule has 0 saturated heterocycles. The van der Waals surface area contributed by atoms with Crippen molar-refractivity contribution in [3.63, 3.8) is 0 Å². The molecule has 0 aliphatic heterocycles. The van der Waals surface area contributed by atoms with E-state index < -0.39 is 23.1 Å². The molecular weight excluding hydrogens is 530 g/mol. The number of aliphatic carboxylic acids is 1. The summed E-state index contributed by atoms with van der Waals surface area (Å²) < 4.78 is 0.653. The zero-order valence-corrected chi connectivity index (χ0v) is 20.6. The molecule has 0 atom stereocenters. The minimum absolute atomic E-state index is 0.00403. The highest BCUT2D eigenvalue weighted by molar-refractivity contribution is 9.10. The Morgan fingerprint density at radius 1 is 0.771 bits per heavy atom. The number of benzene rings is 4. The number of Topliss-reactive ketones (excluding diaryl/α,β-unsaturated/α-hetero) is 1. The van der Waals surface area contributed by atoms with Gasteiger partial charge in [0.1, 0.15) is 0 Å². The minimum atomic E-state index is -1.53. The van der Waals surface area contributed by atoms with Crippen molar-refractivity contribution in [2.75, 3.05) is 0 Å². The highest BCUT2D eigenvalue weighted by atomic mass is 79.9. The van der Waals surface area contributed by atoms with Crippen LogP contribution in [0.15, 0.2) is 119 Å². The predicted octanol–water partition coefficient (Wildman–Crippen LogP) is 6.73. The average Bonchev–Trinajstić information content (AvgIpc) is 2.88. The van der Waals surface area contributed by atoms with Crippen molar-refractivity contribution < 1.29 is 19.5 Å². The Kier molecular flexibility index (Phi) is 7.44. The number of rotatable bonds is 8. The summed E-state index contributed by atoms with van der Waals surface area (Å²) >= 11 is 9.49. The van der Waals surface area contributed by atoms with Crippen molar-refractivity contribution in [1.82, 2.24) is 0 Å². The number of carboxylic acids is 1. The lowest BCUT2D eigenvalue weighted by Crippen LogP contribution is -2.33. The fraction of sp³-hybridized carbons (Fsp3) is 0.0357. The quantitative estimate of drug-likeness (QED) is 0.0870. The van der Waals surface area contributed by atoms with Crippen LogP contribution in [0.4, 0.5) is 0 Å². The number of carboxylic acid groups (broad SMARTS) is 1. The summed E-state index contributed by atoms with van der Waals surface area (Å²) in [6, 6.07) is 32.5. The highest BCUT2D eigenvalue weighted by Gasteiger charge is 2.40. The second kappa shape index (κ2) is 10.7. The van der Waals surface area contributed by atoms with Crippen molar-refractivity contribution in [2.45, 2.75) is 5.60 Å². The molecule has 5 nitrogen and oxygen atoms in total. The van der Waals surface area contributed by atoms with Gasteiger partial charge in [-0.3, -0.25) is 4.79 Å². The third-order valence-corrected chi connectivity index (χ3v) is 6.21. The van der Waals surface area contributed by atoms with Gasteiger partial charge in [-0.15, -0.1) is 0 Å². The molecule has 174 valence electrons. The molecule has 0 radical (unpaired) electrons. The van der Waals surface area contributed by atoms with E-state index in [0.717, 1.165) is 0 Å². The van der Waals surface area contributed by atoms with Crippen LogP contribution < -0.4 is 0 Å². The van der Waals surface area contributed by atoms with Gasteiger partial charge in [0.15, 0.2) is 0 Å². The average molecular weight is 549 g/mol. The fourth-order valence-electron chi connectivity index (χ4n) is 3.77. The summed E-state index contributed by atoms with van der Waals surface area (Å²) in [5.74, 6) is -2.39. The first-order chi connectivity index (χ1) is 16.9. The van der Waals surface area contributed by atoms with E-state index in [0.29, 0.717) is 21.2 Å². The standard InChI is InChI=1S/C28H19BrClNO4/c29-22-16-17-23(24(30)18-22)26(32)25(27(33)34)31-35-28(19-10-4-1-5-11-19,20-12-6-2-7-13-20)21-14-8-3-9-15-21/h1-18H,(H,33,34)/b31-25+. The molecule has 0 bridgehead atoms. The van der Waals surface area contributed by atoms with Crippen LogP contribution in [0.3, 0.4) is 0 Å². The van der Waals surface area contributed by atoms with Gasteiger partial charge in [-0.1, -0.05) is 124 Å². The number of halogens is 2. The molecule has 0 heterocycles. The first kappa shape index (κ1) is 24.4. The number of carbonyl (C=O) groups excluding carboxylic acids is 1. The molecule has 7 heteroatoms. The van der Waals surface area contributed by atoms with E-state index in [1.807, 2.05) is 91.0 Å². The van der Waals surface area contributed by atoms with Crippen LogP contribution in [-0.4, -0.2) is 22.6 Å². The van der Waals surface area contributed by atoms with Gasteiger partial charge in [0.2, 0.25) is 17.1 Å². The van der Waals surface area contributed by atoms with E-state index in [9.17, 15) is 14.7 Å². The molecule has 0 aromatic heterocycles. The van der Waals surface area contributed by atoms with Crippen molar-refractivity contribution in [1.29, 1.82) is 0 Å². The summed E-state index contributed by atoms with van der Waals surface area (Å²) in [5, 5.41) is 13.9. The first-order valence-corrected chi connectivity index (χ1v) is 11.8. The lowest BCUT2D eigenvalue weighted by atomic mass is 9.80. The minimum Gasteiger partial charge on any atom is -0.476 e. The third-order valence-electron chi connectivity index (χ3n) is 5.41. The van der Waals surface area contributed by atoms with Crippen LogP contribution in [0.5, 0.6) is 0 Å². The molecule has 0 unspecified atom stereocenters. The van der Waals surface area contributed by atoms with Gasteiger partial charge in [0.05, 0.1) is 5.02 Å². The number of hydrogen-bond donors (Lipinski definition) is 1. The van der Waals surface area contributed by atoms with Gasteiger partial charge in [-0.05, 0) is 18.2 Å². The van der Waals surface area contributed by atoms with Crippen LogP contribution in [-0.2, 0) is 15.2 Å². The Hall–Kier alpha value is -3.74. The summed E-state index contributed by atoms with van der Waals surface area (Å²) in [7, 11) is 0. The molecule has 0 spiro atoms. The van der Waals surface area contributed by atoms with Crippen LogP contribution >= 0.6 is 27.5 Å². The van der Waals surface area contributed by atoms with Gasteiger partial charge in [0.25, 0.3) is 0 Å². The lowest BCUT2D eigenvalue weighted by molar-refractivity contribution is -0.129. The second-order valence-corrected chi connectivity index (χ2v) is 8.89. The number of hydrogen-bond acceptors (Lipinski definition) is 4. The molecule has 0 aliphatic rings. The largest absolute Gasteiger partial charge is 0.476 e. The Balaban J connectivity index is 1.91. The molecule has 4 rings (SSSR count). The topological polar surface area (TPSA) is 76.0 Å². The summed E-state index contributed by atoms with van der Waals surface area (Å²) in [5.41, 5.74) is 0.0136. The number of carbonyl (C=O) groups is 2. The molecule has 0 fully saturated rings. The highest BCUT2D eigenvalue weighted by Crippen LogP contribution is 2.40. The normalized spacial score (nSPS) is 11.7. The molecule has 4 aromatic rings. The number of oxime groups is 1. The summed E-state index contributed by atoms with van der Waals surface area (Å²) in [6.07, 6.45) is 0. The second-order valence-electron chi connectivity index (χ2n) is 7.57. The first-order valence-electron chi connectivity index (χ1n) is 10.6. The monoisotopic (exact) mass is 547 g/mol. The summed E-state index contributed by atoms with van der Waals surface area (Å²) in [4.78, 5) is 31.4. The molecule has 1 N–H and O–H groups in total. The Labute approximate surface area is 215 Å². The molecule has 0 saturated carbocycles. The van der Waals surface area contributed by atoms with E-state index >= 15 is 0 Å². The smallest absolute Gasteiger partial charge is 0.362 e. The van der Waals surface area contributed by atoms with E-state index in [-0.39, 0.29) is 10.6 Å². The molecule has 0 amide bonds. The zero-order chi connectivity index (χ0) is 24.8. The van der Waals surface area contributed by atoms with E-state index in [1.165, 1.54) is 12.1 Å². The molecule has 4 aromatic carbocycles. The van der Waals surface area contributed by atoms with Crippen molar-refractivity contribution in [3.8, 4) is 0 Å². The Morgan fingerprint density at radius 2 is 1.23 bits per heavy atom. The Morgan fingerprint density at radius 3 is 1.63 bits per heavy atom. The fourth-order valence-corrected chi connectivity index (χ4v) is 4.53. The third kappa shape index (κ3) is 5.04. The summed E-state index contributed by atoms with van der Waals surface area (Å²) in [6.45, 7) is 0. The molecular formula is C28H19BrClNO4. The van der Waals surface area contributed by atoms with Crippen LogP contribution in [0, 0.1) is 0 Å². The van der Waals surface area contributed by atoms with Crippen molar-refractivity contribution in [3.05, 3.63) is 141 Å². The maximum atomic E-state index is 13.2. The van der Waals surface area contributed by atoms with Crippen LogP contribution in [0.1, 0.15) is 27.0 Å². The predicted molar refractivity (Wildman–Crippen MR) is 139 cm³/mol. The van der Waals surface area contributed by atoms with Gasteiger partial charge < -0.3 is 9.94 Å². The number of nitrogens with zero attached hydrogens (tertiary/aromatic N) is 1. The number of ketones is 1. The lowest BCUT2D eigenvalue weighted by Gasteiger charge is -2.33. The van der Waals surface area contributed by atoms with Gasteiger partial charge in [-0.25, -0.2) is 4.79 Å². The van der Waals surface area contributed by atoms with Gasteiger partial charge >= 0.3 is 5.97 Å². The maximum Gasteiger partial charge on any atom is 0.362 e. The van der Waals surface area contributed by atoms with Gasteiger partial charge in [0, 0.05) is 26.7 Å². The Bertz CT molecular complexity index is 1280. The van der Waals surface area contributed by atoms with E-state index in [1.54, 1.807) is 6.07 Å². The maximum absolute atomic E-state index is 13.2.